The molecule has 102 valence electrons. The van der Waals surface area contributed by atoms with E-state index in [1.54, 1.807) is 11.3 Å². The molecule has 3 nitrogen and oxygen atoms in total. The minimum atomic E-state index is 0.430. The molecule has 0 radical (unpaired) electrons. The molecule has 0 amide bonds. The first-order chi connectivity index (χ1) is 9.11. The summed E-state index contributed by atoms with van der Waals surface area (Å²) in [6.07, 6.45) is 2.14. The summed E-state index contributed by atoms with van der Waals surface area (Å²) < 4.78 is 0. The van der Waals surface area contributed by atoms with E-state index in [-0.39, 0.29) is 0 Å². The van der Waals surface area contributed by atoms with Crippen LogP contribution in [0.2, 0.25) is 0 Å². The normalized spacial score (nSPS) is 12.9. The van der Waals surface area contributed by atoms with Gasteiger partial charge in [0.2, 0.25) is 0 Å². The van der Waals surface area contributed by atoms with Gasteiger partial charge in [-0.2, -0.15) is 0 Å². The molecule has 1 heterocycles. The lowest BCUT2D eigenvalue weighted by Gasteiger charge is -2.20. The molecule has 1 atom stereocenters. The summed E-state index contributed by atoms with van der Waals surface area (Å²) in [6.45, 7) is 4.37. The van der Waals surface area contributed by atoms with Crippen molar-refractivity contribution in [2.45, 2.75) is 32.7 Å². The van der Waals surface area contributed by atoms with Crippen LogP contribution in [0, 0.1) is 0 Å². The van der Waals surface area contributed by atoms with E-state index < -0.39 is 0 Å². The Hall–Kier alpha value is -1.26. The maximum atomic E-state index is 4.27. The Kier molecular flexibility index (Phi) is 4.66. The molecule has 4 heteroatoms. The molecule has 0 aliphatic rings. The van der Waals surface area contributed by atoms with Gasteiger partial charge in [-0.25, -0.2) is 0 Å². The van der Waals surface area contributed by atoms with E-state index in [0.29, 0.717) is 6.04 Å². The molecule has 2 aromatic rings. The summed E-state index contributed by atoms with van der Waals surface area (Å²) in [6, 6.07) is 9.08. The van der Waals surface area contributed by atoms with Crippen LogP contribution in [0.15, 0.2) is 24.3 Å². The molecule has 0 N–H and O–H groups in total. The first kappa shape index (κ1) is 14.2. The summed E-state index contributed by atoms with van der Waals surface area (Å²) in [5.74, 6) is 0. The Morgan fingerprint density at radius 1 is 1.16 bits per heavy atom. The number of nitrogens with zero attached hydrogens (tertiary/aromatic N) is 3. The van der Waals surface area contributed by atoms with Crippen LogP contribution < -0.4 is 0 Å². The van der Waals surface area contributed by atoms with Gasteiger partial charge in [0.1, 0.15) is 10.0 Å². The van der Waals surface area contributed by atoms with E-state index in [2.05, 4.69) is 67.3 Å². The Labute approximate surface area is 119 Å². The van der Waals surface area contributed by atoms with Crippen LogP contribution in [0.5, 0.6) is 0 Å². The first-order valence-electron chi connectivity index (χ1n) is 6.71. The predicted octanol–water partition coefficient (Wildman–Crippen LogP) is 3.78. The molecule has 0 saturated heterocycles. The van der Waals surface area contributed by atoms with Crippen LogP contribution in [0.1, 0.15) is 36.9 Å². The molecule has 0 spiro atoms. The third-order valence-electron chi connectivity index (χ3n) is 3.35. The summed E-state index contributed by atoms with van der Waals surface area (Å²) in [5.41, 5.74) is 2.49. The molecule has 0 aliphatic carbocycles. The Balaban J connectivity index is 2.17. The molecule has 1 aromatic carbocycles. The zero-order valence-electron chi connectivity index (χ0n) is 12.1. The fourth-order valence-electron chi connectivity index (χ4n) is 1.89. The molecule has 0 bridgehead atoms. The van der Waals surface area contributed by atoms with Gasteiger partial charge < -0.3 is 4.90 Å². The minimum Gasteiger partial charge on any atom is -0.303 e. The van der Waals surface area contributed by atoms with Crippen molar-refractivity contribution in [3.63, 3.8) is 0 Å². The van der Waals surface area contributed by atoms with Gasteiger partial charge >= 0.3 is 0 Å². The lowest BCUT2D eigenvalue weighted by molar-refractivity contribution is 0.321. The molecule has 0 aliphatic heterocycles. The highest BCUT2D eigenvalue weighted by Gasteiger charge is 2.09. The van der Waals surface area contributed by atoms with Crippen LogP contribution in [0.25, 0.3) is 10.6 Å². The number of aryl methyl sites for hydroxylation is 1. The van der Waals surface area contributed by atoms with E-state index >= 15 is 0 Å². The summed E-state index contributed by atoms with van der Waals surface area (Å²) in [7, 11) is 4.20. The highest BCUT2D eigenvalue weighted by Crippen LogP contribution is 2.26. The molecule has 0 fully saturated rings. The molecular formula is C15H21N3S. The van der Waals surface area contributed by atoms with Gasteiger partial charge in [0.25, 0.3) is 0 Å². The average Bonchev–Trinajstić information content (AvgIpc) is 2.87. The van der Waals surface area contributed by atoms with Gasteiger partial charge in [-0.1, -0.05) is 42.5 Å². The summed E-state index contributed by atoms with van der Waals surface area (Å²) in [5, 5.41) is 10.6. The summed E-state index contributed by atoms with van der Waals surface area (Å²) >= 11 is 1.70. The minimum absolute atomic E-state index is 0.430. The molecule has 1 aromatic heterocycles. The second kappa shape index (κ2) is 6.26. The van der Waals surface area contributed by atoms with Crippen molar-refractivity contribution in [2.75, 3.05) is 14.1 Å². The van der Waals surface area contributed by atoms with Crippen LogP contribution in [-0.4, -0.2) is 29.2 Å². The standard InChI is InChI=1S/C15H21N3S/c1-5-6-14-16-17-15(19-14)13-9-7-12(8-10-13)11(2)18(3)4/h7-11H,5-6H2,1-4H3/t11-/m0/s1. The molecular weight excluding hydrogens is 254 g/mol. The van der Waals surface area contributed by atoms with E-state index in [1.807, 2.05) is 0 Å². The van der Waals surface area contributed by atoms with E-state index in [4.69, 9.17) is 0 Å². The average molecular weight is 275 g/mol. The zero-order chi connectivity index (χ0) is 13.8. The van der Waals surface area contributed by atoms with Crippen molar-refractivity contribution in [3.05, 3.63) is 34.8 Å². The Morgan fingerprint density at radius 2 is 1.84 bits per heavy atom. The van der Waals surface area contributed by atoms with Crippen molar-refractivity contribution >= 4 is 11.3 Å². The van der Waals surface area contributed by atoms with Crippen LogP contribution in [0.4, 0.5) is 0 Å². The predicted molar refractivity (Wildman–Crippen MR) is 81.4 cm³/mol. The van der Waals surface area contributed by atoms with Crippen molar-refractivity contribution < 1.29 is 0 Å². The highest BCUT2D eigenvalue weighted by molar-refractivity contribution is 7.14. The van der Waals surface area contributed by atoms with Crippen molar-refractivity contribution in [2.24, 2.45) is 0 Å². The maximum absolute atomic E-state index is 4.27. The summed E-state index contributed by atoms with van der Waals surface area (Å²) in [4.78, 5) is 2.21. The van der Waals surface area contributed by atoms with Crippen molar-refractivity contribution in [3.8, 4) is 10.6 Å². The fourth-order valence-corrected chi connectivity index (χ4v) is 2.83. The van der Waals surface area contributed by atoms with Gasteiger partial charge in [-0.05, 0) is 33.0 Å². The quantitative estimate of drug-likeness (QED) is 0.831. The van der Waals surface area contributed by atoms with E-state index in [0.717, 1.165) is 28.4 Å². The largest absolute Gasteiger partial charge is 0.303 e. The van der Waals surface area contributed by atoms with Gasteiger partial charge in [-0.3, -0.25) is 0 Å². The van der Waals surface area contributed by atoms with Gasteiger partial charge in [0.05, 0.1) is 0 Å². The third kappa shape index (κ3) is 3.39. The number of benzene rings is 1. The Bertz CT molecular complexity index is 516. The molecule has 0 saturated carbocycles. The lowest BCUT2D eigenvalue weighted by atomic mass is 10.1. The number of hydrogen-bond acceptors (Lipinski definition) is 4. The second-order valence-corrected chi connectivity index (χ2v) is 6.07. The maximum Gasteiger partial charge on any atom is 0.147 e. The van der Waals surface area contributed by atoms with Gasteiger partial charge in [-0.15, -0.1) is 10.2 Å². The van der Waals surface area contributed by atoms with Crippen molar-refractivity contribution in [1.82, 2.24) is 15.1 Å². The number of aromatic nitrogens is 2. The number of rotatable bonds is 5. The van der Waals surface area contributed by atoms with Crippen molar-refractivity contribution in [1.29, 1.82) is 0 Å². The SMILES string of the molecule is CCCc1nnc(-c2ccc([C@H](C)N(C)C)cc2)s1. The molecule has 2 rings (SSSR count). The van der Waals surface area contributed by atoms with E-state index in [9.17, 15) is 0 Å². The second-order valence-electron chi connectivity index (χ2n) is 5.01. The van der Waals surface area contributed by atoms with Gasteiger partial charge in [0, 0.05) is 18.0 Å². The molecule has 0 unspecified atom stereocenters. The monoisotopic (exact) mass is 275 g/mol. The lowest BCUT2D eigenvalue weighted by Crippen LogP contribution is -2.16. The topological polar surface area (TPSA) is 29.0 Å². The fraction of sp³-hybridized carbons (Fsp3) is 0.467. The first-order valence-corrected chi connectivity index (χ1v) is 7.52. The highest BCUT2D eigenvalue weighted by atomic mass is 32.1. The zero-order valence-corrected chi connectivity index (χ0v) is 12.9. The van der Waals surface area contributed by atoms with Crippen LogP contribution in [-0.2, 0) is 6.42 Å². The molecule has 19 heavy (non-hydrogen) atoms. The van der Waals surface area contributed by atoms with Crippen LogP contribution in [0.3, 0.4) is 0 Å². The Morgan fingerprint density at radius 3 is 2.42 bits per heavy atom. The smallest absolute Gasteiger partial charge is 0.147 e. The number of hydrogen-bond donors (Lipinski definition) is 0. The van der Waals surface area contributed by atoms with E-state index in [1.165, 1.54) is 5.56 Å². The van der Waals surface area contributed by atoms with Gasteiger partial charge in [0.15, 0.2) is 0 Å². The van der Waals surface area contributed by atoms with Crippen LogP contribution >= 0.6 is 11.3 Å². The third-order valence-corrected chi connectivity index (χ3v) is 4.38.